The second-order valence-corrected chi connectivity index (χ2v) is 8.57. The fourth-order valence-electron chi connectivity index (χ4n) is 3.43. The van der Waals surface area contributed by atoms with Crippen LogP contribution in [0, 0.1) is 11.3 Å². The van der Waals surface area contributed by atoms with E-state index in [0.29, 0.717) is 17.8 Å². The van der Waals surface area contributed by atoms with Crippen molar-refractivity contribution in [3.63, 3.8) is 0 Å². The summed E-state index contributed by atoms with van der Waals surface area (Å²) in [7, 11) is -3.55. The third-order valence-corrected chi connectivity index (χ3v) is 6.83. The highest BCUT2D eigenvalue weighted by molar-refractivity contribution is 7.89. The molecule has 1 heterocycles. The zero-order valence-electron chi connectivity index (χ0n) is 11.3. The van der Waals surface area contributed by atoms with E-state index >= 15 is 0 Å². The Kier molecular flexibility index (Phi) is 3.62. The summed E-state index contributed by atoms with van der Waals surface area (Å²) in [4.78, 5) is 11.9. The molecule has 0 saturated heterocycles. The van der Waals surface area contributed by atoms with Crippen LogP contribution in [0.1, 0.15) is 44.1 Å². The summed E-state index contributed by atoms with van der Waals surface area (Å²) < 4.78 is 26.0. The number of hydrogen-bond donors (Lipinski definition) is 1. The number of carbonyl (C=O) groups excluding carboxylic acids is 1. The molecule has 1 atom stereocenters. The second kappa shape index (κ2) is 5.15. The molecule has 2 aliphatic rings. The van der Waals surface area contributed by atoms with Crippen LogP contribution in [-0.2, 0) is 20.6 Å². The van der Waals surface area contributed by atoms with Crippen LogP contribution >= 0.6 is 11.3 Å². The van der Waals surface area contributed by atoms with Crippen molar-refractivity contribution < 1.29 is 13.2 Å². The monoisotopic (exact) mass is 313 g/mol. The minimum Gasteiger partial charge on any atom is -0.274 e. The number of hydrogen-bond acceptors (Lipinski definition) is 4. The Labute approximate surface area is 123 Å². The summed E-state index contributed by atoms with van der Waals surface area (Å²) in [6.07, 6.45) is 6.33. The van der Waals surface area contributed by atoms with Gasteiger partial charge >= 0.3 is 0 Å². The van der Waals surface area contributed by atoms with Crippen LogP contribution in [0.15, 0.2) is 16.8 Å². The summed E-state index contributed by atoms with van der Waals surface area (Å²) in [6, 6.07) is 1.77. The van der Waals surface area contributed by atoms with Gasteiger partial charge in [0.1, 0.15) is 0 Å². The topological polar surface area (TPSA) is 63.2 Å². The van der Waals surface area contributed by atoms with Crippen LogP contribution in [0.2, 0.25) is 0 Å². The molecular formula is C14H19NO3S2. The minimum absolute atomic E-state index is 0.113. The highest BCUT2D eigenvalue weighted by Gasteiger charge is 2.50. The standard InChI is InChI=1S/C14H19NO3S2/c16-13(8-12-2-6-14(12)4-1-5-14)15-20(17,18)10-11-3-7-19-9-11/h3,7,9,12H,1-2,4-6,8,10H2,(H,15,16). The molecular weight excluding hydrogens is 294 g/mol. The van der Waals surface area contributed by atoms with Gasteiger partial charge in [-0.15, -0.1) is 0 Å². The average molecular weight is 313 g/mol. The molecule has 4 nitrogen and oxygen atoms in total. The van der Waals surface area contributed by atoms with Gasteiger partial charge in [0, 0.05) is 6.42 Å². The molecule has 1 aromatic rings. The zero-order chi connectivity index (χ0) is 14.2. The lowest BCUT2D eigenvalue weighted by molar-refractivity contribution is -0.126. The third-order valence-electron chi connectivity index (χ3n) is 4.84. The van der Waals surface area contributed by atoms with Gasteiger partial charge in [-0.05, 0) is 59.4 Å². The first kappa shape index (κ1) is 14.1. The van der Waals surface area contributed by atoms with Gasteiger partial charge in [0.2, 0.25) is 15.9 Å². The number of sulfonamides is 1. The maximum Gasteiger partial charge on any atom is 0.239 e. The SMILES string of the molecule is O=C(CC1CCC12CCC2)NS(=O)(=O)Cc1ccsc1. The van der Waals surface area contributed by atoms with Crippen molar-refractivity contribution in [3.05, 3.63) is 22.4 Å². The molecule has 2 fully saturated rings. The predicted octanol–water partition coefficient (Wildman–Crippen LogP) is 2.66. The minimum atomic E-state index is -3.55. The number of thiophene rings is 1. The largest absolute Gasteiger partial charge is 0.274 e. The fourth-order valence-corrected chi connectivity index (χ4v) is 5.33. The lowest BCUT2D eigenvalue weighted by Crippen LogP contribution is -2.48. The van der Waals surface area contributed by atoms with E-state index in [4.69, 9.17) is 0 Å². The number of rotatable bonds is 5. The first-order chi connectivity index (χ1) is 9.49. The molecule has 0 aromatic carbocycles. The van der Waals surface area contributed by atoms with Gasteiger partial charge in [0.15, 0.2) is 0 Å². The normalized spacial score (nSPS) is 23.9. The van der Waals surface area contributed by atoms with Gasteiger partial charge in [-0.3, -0.25) is 9.52 Å². The Bertz CT molecular complexity index is 582. The van der Waals surface area contributed by atoms with Crippen molar-refractivity contribution in [1.82, 2.24) is 4.72 Å². The van der Waals surface area contributed by atoms with Crippen LogP contribution in [-0.4, -0.2) is 14.3 Å². The van der Waals surface area contributed by atoms with Gasteiger partial charge in [-0.2, -0.15) is 11.3 Å². The molecule has 2 saturated carbocycles. The second-order valence-electron chi connectivity index (χ2n) is 6.07. The van der Waals surface area contributed by atoms with E-state index in [-0.39, 0.29) is 11.7 Å². The molecule has 0 radical (unpaired) electrons. The van der Waals surface area contributed by atoms with Crippen LogP contribution < -0.4 is 4.72 Å². The Hall–Kier alpha value is -0.880. The van der Waals surface area contributed by atoms with Crippen LogP contribution in [0.3, 0.4) is 0 Å². The molecule has 110 valence electrons. The van der Waals surface area contributed by atoms with Gasteiger partial charge in [-0.1, -0.05) is 6.42 Å². The van der Waals surface area contributed by atoms with Gasteiger partial charge in [0.25, 0.3) is 0 Å². The third kappa shape index (κ3) is 2.76. The van der Waals surface area contributed by atoms with Crippen LogP contribution in [0.25, 0.3) is 0 Å². The van der Waals surface area contributed by atoms with Crippen molar-refractivity contribution in [2.45, 2.75) is 44.3 Å². The summed E-state index contributed by atoms with van der Waals surface area (Å²) in [5.41, 5.74) is 1.11. The molecule has 20 heavy (non-hydrogen) atoms. The molecule has 3 rings (SSSR count). The van der Waals surface area contributed by atoms with Crippen molar-refractivity contribution in [2.24, 2.45) is 11.3 Å². The molecule has 1 spiro atoms. The molecule has 0 bridgehead atoms. The average Bonchev–Trinajstić information content (AvgIpc) is 2.73. The van der Waals surface area contributed by atoms with E-state index in [9.17, 15) is 13.2 Å². The molecule has 6 heteroatoms. The number of carbonyl (C=O) groups is 1. The van der Waals surface area contributed by atoms with E-state index in [1.807, 2.05) is 5.38 Å². The van der Waals surface area contributed by atoms with Crippen molar-refractivity contribution in [1.29, 1.82) is 0 Å². The molecule has 1 amide bonds. The summed E-state index contributed by atoms with van der Waals surface area (Å²) in [6.45, 7) is 0. The van der Waals surface area contributed by atoms with Gasteiger partial charge in [-0.25, -0.2) is 8.42 Å². The maximum absolute atomic E-state index is 11.9. The first-order valence-corrected chi connectivity index (χ1v) is 9.63. The highest BCUT2D eigenvalue weighted by Crippen LogP contribution is 2.60. The zero-order valence-corrected chi connectivity index (χ0v) is 12.9. The van der Waals surface area contributed by atoms with E-state index in [2.05, 4.69) is 4.72 Å². The summed E-state index contributed by atoms with van der Waals surface area (Å²) in [5.74, 6) is -0.0540. The van der Waals surface area contributed by atoms with E-state index in [0.717, 1.165) is 12.0 Å². The molecule has 2 aliphatic carbocycles. The fraction of sp³-hybridized carbons (Fsp3) is 0.643. The van der Waals surface area contributed by atoms with Crippen molar-refractivity contribution in [3.8, 4) is 0 Å². The quantitative estimate of drug-likeness (QED) is 0.909. The molecule has 1 unspecified atom stereocenters. The van der Waals surface area contributed by atoms with Crippen molar-refractivity contribution in [2.75, 3.05) is 0 Å². The summed E-state index contributed by atoms with van der Waals surface area (Å²) in [5, 5.41) is 3.63. The van der Waals surface area contributed by atoms with E-state index in [1.165, 1.54) is 37.0 Å². The Balaban J connectivity index is 1.53. The lowest BCUT2D eigenvalue weighted by atomic mass is 9.49. The lowest BCUT2D eigenvalue weighted by Gasteiger charge is -2.56. The van der Waals surface area contributed by atoms with Crippen LogP contribution in [0.5, 0.6) is 0 Å². The Morgan fingerprint density at radius 1 is 1.40 bits per heavy atom. The Morgan fingerprint density at radius 2 is 2.20 bits per heavy atom. The predicted molar refractivity (Wildman–Crippen MR) is 78.7 cm³/mol. The summed E-state index contributed by atoms with van der Waals surface area (Å²) >= 11 is 1.46. The molecule has 0 aliphatic heterocycles. The van der Waals surface area contributed by atoms with E-state index in [1.54, 1.807) is 11.4 Å². The first-order valence-electron chi connectivity index (χ1n) is 7.04. The molecule has 1 aromatic heterocycles. The number of nitrogens with one attached hydrogen (secondary N) is 1. The van der Waals surface area contributed by atoms with Crippen LogP contribution in [0.4, 0.5) is 0 Å². The van der Waals surface area contributed by atoms with Gasteiger partial charge in [0.05, 0.1) is 5.75 Å². The highest BCUT2D eigenvalue weighted by atomic mass is 32.2. The van der Waals surface area contributed by atoms with E-state index < -0.39 is 10.0 Å². The Morgan fingerprint density at radius 3 is 2.70 bits per heavy atom. The number of amides is 1. The smallest absolute Gasteiger partial charge is 0.239 e. The van der Waals surface area contributed by atoms with Gasteiger partial charge < -0.3 is 0 Å². The maximum atomic E-state index is 11.9. The molecule has 1 N–H and O–H groups in total. The van der Waals surface area contributed by atoms with Crippen molar-refractivity contribution >= 4 is 27.3 Å².